The Hall–Kier alpha value is -2.75. The van der Waals surface area contributed by atoms with Gasteiger partial charge in [0.1, 0.15) is 11.3 Å². The third-order valence-corrected chi connectivity index (χ3v) is 4.32. The largest absolute Gasteiger partial charge is 0.493 e. The zero-order valence-corrected chi connectivity index (χ0v) is 13.5. The zero-order valence-electron chi connectivity index (χ0n) is 13.5. The van der Waals surface area contributed by atoms with E-state index in [1.54, 1.807) is 6.07 Å². The summed E-state index contributed by atoms with van der Waals surface area (Å²) in [7, 11) is 0. The average molecular weight is 321 g/mol. The van der Waals surface area contributed by atoms with Crippen LogP contribution in [0, 0.1) is 0 Å². The minimum atomic E-state index is -0.178. The lowest BCUT2D eigenvalue weighted by Crippen LogP contribution is -2.33. The Morgan fingerprint density at radius 1 is 1.21 bits per heavy atom. The number of hydrogen-bond acceptors (Lipinski definition) is 3. The van der Waals surface area contributed by atoms with Gasteiger partial charge >= 0.3 is 0 Å². The molecule has 0 saturated heterocycles. The van der Waals surface area contributed by atoms with Crippen LogP contribution in [-0.4, -0.2) is 18.6 Å². The number of carbonyl (C=O) groups is 1. The van der Waals surface area contributed by atoms with E-state index in [9.17, 15) is 4.79 Å². The SMILES string of the molecule is CC(Cc1ccc2c(c1)CCO2)NC(=O)c1cc2ccccc2o1. The maximum Gasteiger partial charge on any atom is 0.287 e. The van der Waals surface area contributed by atoms with Crippen molar-refractivity contribution >= 4 is 16.9 Å². The van der Waals surface area contributed by atoms with Crippen LogP contribution >= 0.6 is 0 Å². The summed E-state index contributed by atoms with van der Waals surface area (Å²) >= 11 is 0. The first-order valence-corrected chi connectivity index (χ1v) is 8.23. The number of para-hydroxylation sites is 1. The number of rotatable bonds is 4. The molecular weight excluding hydrogens is 302 g/mol. The van der Waals surface area contributed by atoms with Crippen LogP contribution < -0.4 is 10.1 Å². The van der Waals surface area contributed by atoms with E-state index in [0.29, 0.717) is 5.76 Å². The third kappa shape index (κ3) is 2.87. The van der Waals surface area contributed by atoms with Crippen molar-refractivity contribution in [1.82, 2.24) is 5.32 Å². The van der Waals surface area contributed by atoms with Crippen LogP contribution in [0.25, 0.3) is 11.0 Å². The highest BCUT2D eigenvalue weighted by molar-refractivity contribution is 5.96. The van der Waals surface area contributed by atoms with Crippen LogP contribution in [0.4, 0.5) is 0 Å². The summed E-state index contributed by atoms with van der Waals surface area (Å²) in [5.41, 5.74) is 3.19. The number of carbonyl (C=O) groups excluding carboxylic acids is 1. The number of hydrogen-bond donors (Lipinski definition) is 1. The Balaban J connectivity index is 1.43. The molecule has 1 unspecified atom stereocenters. The molecule has 0 fully saturated rings. The summed E-state index contributed by atoms with van der Waals surface area (Å²) in [6.45, 7) is 2.77. The average Bonchev–Trinajstić information content (AvgIpc) is 3.20. The van der Waals surface area contributed by atoms with Gasteiger partial charge in [-0.05, 0) is 42.7 Å². The summed E-state index contributed by atoms with van der Waals surface area (Å²) in [6.07, 6.45) is 1.74. The number of ether oxygens (including phenoxy) is 1. The molecule has 2 aromatic carbocycles. The zero-order chi connectivity index (χ0) is 16.5. The van der Waals surface area contributed by atoms with Gasteiger partial charge < -0.3 is 14.5 Å². The molecule has 1 aliphatic rings. The molecule has 4 nitrogen and oxygen atoms in total. The summed E-state index contributed by atoms with van der Waals surface area (Å²) < 4.78 is 11.1. The molecule has 1 atom stereocenters. The van der Waals surface area contributed by atoms with Crippen molar-refractivity contribution in [3.63, 3.8) is 0 Å². The van der Waals surface area contributed by atoms with Crippen molar-refractivity contribution in [1.29, 1.82) is 0 Å². The van der Waals surface area contributed by atoms with Crippen LogP contribution in [0.3, 0.4) is 0 Å². The fraction of sp³-hybridized carbons (Fsp3) is 0.250. The van der Waals surface area contributed by atoms with Gasteiger partial charge in [0.15, 0.2) is 5.76 Å². The van der Waals surface area contributed by atoms with Crippen LogP contribution in [0.15, 0.2) is 52.9 Å². The number of amides is 1. The van der Waals surface area contributed by atoms with E-state index in [0.717, 1.165) is 36.2 Å². The topological polar surface area (TPSA) is 51.5 Å². The molecule has 1 aliphatic heterocycles. The molecule has 0 radical (unpaired) electrons. The van der Waals surface area contributed by atoms with E-state index < -0.39 is 0 Å². The van der Waals surface area contributed by atoms with Crippen molar-refractivity contribution in [2.24, 2.45) is 0 Å². The van der Waals surface area contributed by atoms with Gasteiger partial charge in [0.05, 0.1) is 6.61 Å². The first-order chi connectivity index (χ1) is 11.7. The lowest BCUT2D eigenvalue weighted by Gasteiger charge is -2.13. The molecule has 1 aromatic heterocycles. The van der Waals surface area contributed by atoms with E-state index in [1.165, 1.54) is 11.1 Å². The normalized spacial score (nSPS) is 14.2. The predicted molar refractivity (Wildman–Crippen MR) is 92.5 cm³/mol. The van der Waals surface area contributed by atoms with Crippen molar-refractivity contribution < 1.29 is 13.9 Å². The van der Waals surface area contributed by atoms with Gasteiger partial charge in [0.25, 0.3) is 5.91 Å². The summed E-state index contributed by atoms with van der Waals surface area (Å²) in [6, 6.07) is 15.7. The molecule has 4 heteroatoms. The van der Waals surface area contributed by atoms with Gasteiger partial charge in [0, 0.05) is 17.8 Å². The van der Waals surface area contributed by atoms with Crippen molar-refractivity contribution in [2.45, 2.75) is 25.8 Å². The van der Waals surface area contributed by atoms with E-state index in [2.05, 4.69) is 17.4 Å². The molecular formula is C20H19NO3. The van der Waals surface area contributed by atoms with Crippen LogP contribution in [0.1, 0.15) is 28.6 Å². The highest BCUT2D eigenvalue weighted by atomic mass is 16.5. The van der Waals surface area contributed by atoms with Gasteiger partial charge in [-0.2, -0.15) is 0 Å². The first kappa shape index (κ1) is 14.8. The molecule has 4 rings (SSSR count). The number of fused-ring (bicyclic) bond motifs is 2. The van der Waals surface area contributed by atoms with E-state index >= 15 is 0 Å². The van der Waals surface area contributed by atoms with E-state index in [4.69, 9.17) is 9.15 Å². The minimum absolute atomic E-state index is 0.0195. The summed E-state index contributed by atoms with van der Waals surface area (Å²) in [4.78, 5) is 12.4. The number of benzene rings is 2. The van der Waals surface area contributed by atoms with Crippen LogP contribution in [-0.2, 0) is 12.8 Å². The van der Waals surface area contributed by atoms with Crippen LogP contribution in [0.2, 0.25) is 0 Å². The smallest absolute Gasteiger partial charge is 0.287 e. The third-order valence-electron chi connectivity index (χ3n) is 4.32. The van der Waals surface area contributed by atoms with Crippen LogP contribution in [0.5, 0.6) is 5.75 Å². The second-order valence-electron chi connectivity index (χ2n) is 6.27. The quantitative estimate of drug-likeness (QED) is 0.796. The molecule has 1 amide bonds. The van der Waals surface area contributed by atoms with Gasteiger partial charge in [-0.3, -0.25) is 4.79 Å². The highest BCUT2D eigenvalue weighted by Gasteiger charge is 2.16. The number of furan rings is 1. The second-order valence-corrected chi connectivity index (χ2v) is 6.27. The Morgan fingerprint density at radius 2 is 2.08 bits per heavy atom. The molecule has 0 bridgehead atoms. The molecule has 1 N–H and O–H groups in total. The molecule has 0 saturated carbocycles. The van der Waals surface area contributed by atoms with Crippen molar-refractivity contribution in [3.8, 4) is 5.75 Å². The Bertz CT molecular complexity index is 864. The van der Waals surface area contributed by atoms with E-state index in [1.807, 2.05) is 37.3 Å². The van der Waals surface area contributed by atoms with Gasteiger partial charge in [0.2, 0.25) is 0 Å². The Kier molecular flexibility index (Phi) is 3.73. The second kappa shape index (κ2) is 6.04. The Labute approximate surface area is 140 Å². The number of nitrogens with one attached hydrogen (secondary N) is 1. The summed E-state index contributed by atoms with van der Waals surface area (Å²) in [5, 5.41) is 3.95. The monoisotopic (exact) mass is 321 g/mol. The lowest BCUT2D eigenvalue weighted by atomic mass is 10.0. The summed E-state index contributed by atoms with van der Waals surface area (Å²) in [5.74, 6) is 1.16. The maximum atomic E-state index is 12.4. The van der Waals surface area contributed by atoms with Crippen molar-refractivity contribution in [2.75, 3.05) is 6.61 Å². The fourth-order valence-corrected chi connectivity index (χ4v) is 3.16. The molecule has 24 heavy (non-hydrogen) atoms. The lowest BCUT2D eigenvalue weighted by molar-refractivity contribution is 0.0914. The molecule has 122 valence electrons. The standard InChI is InChI=1S/C20H19NO3/c1-13(10-14-6-7-17-16(11-14)8-9-23-17)21-20(22)19-12-15-4-2-3-5-18(15)24-19/h2-7,11-13H,8-10H2,1H3,(H,21,22). The maximum absolute atomic E-state index is 12.4. The molecule has 2 heterocycles. The van der Waals surface area contributed by atoms with Crippen molar-refractivity contribution in [3.05, 3.63) is 65.4 Å². The molecule has 0 spiro atoms. The molecule has 0 aliphatic carbocycles. The first-order valence-electron chi connectivity index (χ1n) is 8.23. The molecule has 3 aromatic rings. The predicted octanol–water partition coefficient (Wildman–Crippen LogP) is 3.73. The van der Waals surface area contributed by atoms with Gasteiger partial charge in [-0.25, -0.2) is 0 Å². The fourth-order valence-electron chi connectivity index (χ4n) is 3.16. The van der Waals surface area contributed by atoms with Gasteiger partial charge in [-0.15, -0.1) is 0 Å². The Morgan fingerprint density at radius 3 is 2.96 bits per heavy atom. The highest BCUT2D eigenvalue weighted by Crippen LogP contribution is 2.26. The minimum Gasteiger partial charge on any atom is -0.493 e. The van der Waals surface area contributed by atoms with E-state index in [-0.39, 0.29) is 11.9 Å². The van der Waals surface area contributed by atoms with Gasteiger partial charge in [-0.1, -0.05) is 30.3 Å².